The van der Waals surface area contributed by atoms with Gasteiger partial charge in [-0.1, -0.05) is 34.6 Å². The van der Waals surface area contributed by atoms with E-state index in [4.69, 9.17) is 0 Å². The number of rotatable bonds is 3. The lowest BCUT2D eigenvalue weighted by atomic mass is 9.84. The molecular formula is C15H24O2. The average Bonchev–Trinajstić information content (AvgIpc) is 2.22. The molecule has 2 heteroatoms. The molecule has 2 nitrogen and oxygen atoms in total. The number of benzene rings is 1. The summed E-state index contributed by atoms with van der Waals surface area (Å²) in [5.41, 5.74) is 3.49. The molecule has 0 atom stereocenters. The van der Waals surface area contributed by atoms with E-state index in [2.05, 4.69) is 13.8 Å². The van der Waals surface area contributed by atoms with E-state index in [1.54, 1.807) is 0 Å². The molecule has 96 valence electrons. The molecule has 0 aliphatic heterocycles. The minimum atomic E-state index is 0.211. The second-order valence-electron chi connectivity index (χ2n) is 5.29. The van der Waals surface area contributed by atoms with Crippen molar-refractivity contribution in [3.8, 4) is 11.5 Å². The fourth-order valence-corrected chi connectivity index (χ4v) is 2.54. The van der Waals surface area contributed by atoms with Gasteiger partial charge < -0.3 is 10.2 Å². The Morgan fingerprint density at radius 1 is 0.882 bits per heavy atom. The molecule has 2 N–H and O–H groups in total. The predicted molar refractivity (Wildman–Crippen MR) is 72.1 cm³/mol. The van der Waals surface area contributed by atoms with Crippen LogP contribution in [0.5, 0.6) is 11.5 Å². The van der Waals surface area contributed by atoms with Gasteiger partial charge >= 0.3 is 0 Å². The van der Waals surface area contributed by atoms with E-state index >= 15 is 0 Å². The Hall–Kier alpha value is -1.18. The van der Waals surface area contributed by atoms with Gasteiger partial charge in [0.05, 0.1) is 0 Å². The van der Waals surface area contributed by atoms with Crippen LogP contribution >= 0.6 is 0 Å². The van der Waals surface area contributed by atoms with Gasteiger partial charge in [0.25, 0.3) is 0 Å². The third-order valence-corrected chi connectivity index (χ3v) is 3.40. The first kappa shape index (κ1) is 13.9. The summed E-state index contributed by atoms with van der Waals surface area (Å²) >= 11 is 0. The zero-order chi connectivity index (χ0) is 13.3. The number of phenolic OH excluding ortho intramolecular Hbond substituents is 2. The number of phenols is 2. The normalized spacial score (nSPS) is 11.5. The maximum atomic E-state index is 10.4. The van der Waals surface area contributed by atoms with Crippen LogP contribution in [0.2, 0.25) is 0 Å². The van der Waals surface area contributed by atoms with Crippen LogP contribution in [0.3, 0.4) is 0 Å². The Bertz CT molecular complexity index is 418. The fourth-order valence-electron chi connectivity index (χ4n) is 2.54. The van der Waals surface area contributed by atoms with Crippen molar-refractivity contribution in [3.63, 3.8) is 0 Å². The van der Waals surface area contributed by atoms with Crippen molar-refractivity contribution in [2.75, 3.05) is 0 Å². The van der Waals surface area contributed by atoms with Crippen LogP contribution in [-0.4, -0.2) is 10.2 Å². The molecule has 0 bridgehead atoms. The van der Waals surface area contributed by atoms with Crippen LogP contribution in [0, 0.1) is 6.92 Å². The molecule has 0 spiro atoms. The van der Waals surface area contributed by atoms with E-state index in [9.17, 15) is 10.2 Å². The first-order valence-corrected chi connectivity index (χ1v) is 6.39. The third-order valence-electron chi connectivity index (χ3n) is 3.40. The molecule has 0 aliphatic rings. The maximum Gasteiger partial charge on any atom is 0.123 e. The molecule has 0 saturated carbocycles. The Morgan fingerprint density at radius 3 is 1.65 bits per heavy atom. The van der Waals surface area contributed by atoms with Crippen molar-refractivity contribution in [2.45, 2.75) is 59.8 Å². The quantitative estimate of drug-likeness (QED) is 0.771. The molecule has 0 heterocycles. The largest absolute Gasteiger partial charge is 0.507 e. The molecule has 1 aromatic carbocycles. The van der Waals surface area contributed by atoms with Crippen molar-refractivity contribution in [1.82, 2.24) is 0 Å². The summed E-state index contributed by atoms with van der Waals surface area (Å²) in [5.74, 6) is 1.16. The number of hydrogen-bond donors (Lipinski definition) is 2. The lowest BCUT2D eigenvalue weighted by Crippen LogP contribution is -2.04. The van der Waals surface area contributed by atoms with E-state index < -0.39 is 0 Å². The zero-order valence-corrected chi connectivity index (χ0v) is 11.8. The van der Waals surface area contributed by atoms with Gasteiger partial charge in [0.1, 0.15) is 11.5 Å². The van der Waals surface area contributed by atoms with Crippen molar-refractivity contribution in [1.29, 1.82) is 0 Å². The summed E-state index contributed by atoms with van der Waals surface area (Å²) in [6.07, 6.45) is 0.739. The smallest absolute Gasteiger partial charge is 0.123 e. The lowest BCUT2D eigenvalue weighted by Gasteiger charge is -2.23. The Balaban J connectivity index is 3.71. The van der Waals surface area contributed by atoms with E-state index in [1.165, 1.54) is 0 Å². The number of hydrogen-bond acceptors (Lipinski definition) is 2. The van der Waals surface area contributed by atoms with E-state index in [1.807, 2.05) is 27.7 Å². The first-order chi connectivity index (χ1) is 7.82. The highest BCUT2D eigenvalue weighted by atomic mass is 16.3. The highest BCUT2D eigenvalue weighted by Gasteiger charge is 2.23. The molecule has 0 unspecified atom stereocenters. The SMILES string of the molecule is CCc1c(C)c(O)c(C(C)C)c(C(C)C)c1O. The molecule has 17 heavy (non-hydrogen) atoms. The highest BCUT2D eigenvalue weighted by molar-refractivity contribution is 5.59. The topological polar surface area (TPSA) is 40.5 Å². The van der Waals surface area contributed by atoms with E-state index in [0.29, 0.717) is 11.5 Å². The van der Waals surface area contributed by atoms with Crippen molar-refractivity contribution >= 4 is 0 Å². The summed E-state index contributed by atoms with van der Waals surface area (Å²) in [4.78, 5) is 0. The monoisotopic (exact) mass is 236 g/mol. The van der Waals surface area contributed by atoms with Gasteiger partial charge in [-0.3, -0.25) is 0 Å². The van der Waals surface area contributed by atoms with Crippen LogP contribution in [-0.2, 0) is 6.42 Å². The second kappa shape index (κ2) is 4.99. The lowest BCUT2D eigenvalue weighted by molar-refractivity contribution is 0.433. The first-order valence-electron chi connectivity index (χ1n) is 6.39. The second-order valence-corrected chi connectivity index (χ2v) is 5.29. The minimum absolute atomic E-state index is 0.211. The van der Waals surface area contributed by atoms with Gasteiger partial charge in [0, 0.05) is 16.7 Å². The molecule has 0 saturated heterocycles. The average molecular weight is 236 g/mol. The van der Waals surface area contributed by atoms with Gasteiger partial charge in [0.2, 0.25) is 0 Å². The van der Waals surface area contributed by atoms with Crippen LogP contribution < -0.4 is 0 Å². The minimum Gasteiger partial charge on any atom is -0.507 e. The Morgan fingerprint density at radius 2 is 1.29 bits per heavy atom. The van der Waals surface area contributed by atoms with Crippen molar-refractivity contribution in [3.05, 3.63) is 22.3 Å². The van der Waals surface area contributed by atoms with Gasteiger partial charge in [-0.05, 0) is 30.7 Å². The van der Waals surface area contributed by atoms with Crippen molar-refractivity contribution < 1.29 is 10.2 Å². The van der Waals surface area contributed by atoms with Gasteiger partial charge in [-0.25, -0.2) is 0 Å². The maximum absolute atomic E-state index is 10.4. The summed E-state index contributed by atoms with van der Waals surface area (Å²) in [5, 5.41) is 20.7. The molecular weight excluding hydrogens is 212 g/mol. The van der Waals surface area contributed by atoms with Gasteiger partial charge in [-0.2, -0.15) is 0 Å². The summed E-state index contributed by atoms with van der Waals surface area (Å²) in [6, 6.07) is 0. The molecule has 0 aromatic heterocycles. The van der Waals surface area contributed by atoms with Gasteiger partial charge in [-0.15, -0.1) is 0 Å². The van der Waals surface area contributed by atoms with Crippen LogP contribution in [0.1, 0.15) is 68.7 Å². The molecule has 0 aliphatic carbocycles. The summed E-state index contributed by atoms with van der Waals surface area (Å²) in [6.45, 7) is 12.1. The Labute approximate surface area is 104 Å². The van der Waals surface area contributed by atoms with Crippen LogP contribution in [0.4, 0.5) is 0 Å². The van der Waals surface area contributed by atoms with Crippen LogP contribution in [0.25, 0.3) is 0 Å². The summed E-state index contributed by atoms with van der Waals surface area (Å²) < 4.78 is 0. The predicted octanol–water partition coefficient (Wildman–Crippen LogP) is 4.22. The highest BCUT2D eigenvalue weighted by Crippen LogP contribution is 2.44. The fraction of sp³-hybridized carbons (Fsp3) is 0.600. The molecule has 1 rings (SSSR count). The van der Waals surface area contributed by atoms with Crippen molar-refractivity contribution in [2.24, 2.45) is 0 Å². The molecule has 0 fully saturated rings. The zero-order valence-electron chi connectivity index (χ0n) is 11.8. The third kappa shape index (κ3) is 2.26. The summed E-state index contributed by atoms with van der Waals surface area (Å²) in [7, 11) is 0. The molecule has 1 aromatic rings. The molecule has 0 amide bonds. The van der Waals surface area contributed by atoms with E-state index in [0.717, 1.165) is 28.7 Å². The van der Waals surface area contributed by atoms with Gasteiger partial charge in [0.15, 0.2) is 0 Å². The van der Waals surface area contributed by atoms with Crippen LogP contribution in [0.15, 0.2) is 0 Å². The Kier molecular flexibility index (Phi) is 4.07. The molecule has 0 radical (unpaired) electrons. The standard InChI is InChI=1S/C15H24O2/c1-7-11-10(6)14(16)12(8(2)3)13(9(4)5)15(11)17/h8-9,16-17H,7H2,1-6H3. The number of aromatic hydroxyl groups is 2. The van der Waals surface area contributed by atoms with E-state index in [-0.39, 0.29) is 11.8 Å².